The van der Waals surface area contributed by atoms with Crippen molar-refractivity contribution < 1.29 is 14.3 Å². The van der Waals surface area contributed by atoms with Crippen molar-refractivity contribution in [2.75, 3.05) is 12.0 Å². The number of amides is 1. The Labute approximate surface area is 107 Å². The van der Waals surface area contributed by atoms with Crippen LogP contribution in [0.2, 0.25) is 0 Å². The van der Waals surface area contributed by atoms with Gasteiger partial charge in [0.25, 0.3) is 0 Å². The second kappa shape index (κ2) is 4.37. The van der Waals surface area contributed by atoms with Crippen molar-refractivity contribution in [3.05, 3.63) is 36.6 Å². The summed E-state index contributed by atoms with van der Waals surface area (Å²) in [6.45, 7) is 7.78. The highest BCUT2D eigenvalue weighted by atomic mass is 16.6. The summed E-state index contributed by atoms with van der Waals surface area (Å²) in [5.41, 5.74) is 0.287. The van der Waals surface area contributed by atoms with Gasteiger partial charge in [-0.15, -0.1) is 0 Å². The van der Waals surface area contributed by atoms with Crippen molar-refractivity contribution in [2.45, 2.75) is 25.8 Å². The molecule has 1 amide bonds. The lowest BCUT2D eigenvalue weighted by molar-refractivity contribution is 0.198. The van der Waals surface area contributed by atoms with Gasteiger partial charge in [0.05, 0.1) is 7.11 Å². The molecule has 1 unspecified atom stereocenters. The lowest BCUT2D eigenvalue weighted by atomic mass is 9.95. The Morgan fingerprint density at radius 2 is 2.00 bits per heavy atom. The van der Waals surface area contributed by atoms with Crippen LogP contribution in [-0.4, -0.2) is 18.7 Å². The maximum absolute atomic E-state index is 11.9. The first-order chi connectivity index (χ1) is 8.52. The minimum Gasteiger partial charge on any atom is -0.497 e. The van der Waals surface area contributed by atoms with Crippen LogP contribution in [0.3, 0.4) is 0 Å². The molecule has 1 atom stereocenters. The van der Waals surface area contributed by atoms with E-state index in [9.17, 15) is 4.79 Å². The number of anilines is 1. The molecule has 0 saturated carbocycles. The Balaban J connectivity index is 2.41. The zero-order chi connectivity index (χ0) is 13.3. The fourth-order valence-electron chi connectivity index (χ4n) is 2.06. The highest BCUT2D eigenvalue weighted by Gasteiger charge is 2.46. The fourth-order valence-corrected chi connectivity index (χ4v) is 2.06. The Morgan fingerprint density at radius 1 is 1.39 bits per heavy atom. The summed E-state index contributed by atoms with van der Waals surface area (Å²) in [5, 5.41) is 0. The molecule has 1 aliphatic rings. The highest BCUT2D eigenvalue weighted by molar-refractivity contribution is 5.93. The first-order valence-electron chi connectivity index (χ1n) is 5.88. The maximum atomic E-state index is 11.9. The van der Waals surface area contributed by atoms with Crippen LogP contribution in [0.4, 0.5) is 10.5 Å². The molecule has 0 aromatic heterocycles. The van der Waals surface area contributed by atoms with E-state index in [1.165, 1.54) is 0 Å². The van der Waals surface area contributed by atoms with E-state index in [-0.39, 0.29) is 6.09 Å². The number of nitrogens with zero attached hydrogens (tertiary/aromatic N) is 1. The molecule has 4 nitrogen and oxygen atoms in total. The lowest BCUT2D eigenvalue weighted by Crippen LogP contribution is -2.43. The number of carbonyl (C=O) groups is 1. The SMILES string of the molecule is C=C1OC(=O)N(c2ccc(OC)cc2)C1(C)CC. The van der Waals surface area contributed by atoms with Gasteiger partial charge in [-0.05, 0) is 37.6 Å². The smallest absolute Gasteiger partial charge is 0.420 e. The summed E-state index contributed by atoms with van der Waals surface area (Å²) in [6, 6.07) is 7.32. The third kappa shape index (κ3) is 1.74. The van der Waals surface area contributed by atoms with Crippen LogP contribution in [-0.2, 0) is 4.74 Å². The number of benzene rings is 1. The minimum absolute atomic E-state index is 0.380. The summed E-state index contributed by atoms with van der Waals surface area (Å²) in [5.74, 6) is 1.24. The van der Waals surface area contributed by atoms with Crippen LogP contribution < -0.4 is 9.64 Å². The number of carbonyl (C=O) groups excluding carboxylic acids is 1. The highest BCUT2D eigenvalue weighted by Crippen LogP contribution is 2.39. The molecule has 1 heterocycles. The molecule has 18 heavy (non-hydrogen) atoms. The predicted molar refractivity (Wildman–Crippen MR) is 69.8 cm³/mol. The molecular formula is C14H17NO3. The molecule has 0 spiro atoms. The largest absolute Gasteiger partial charge is 0.497 e. The summed E-state index contributed by atoms with van der Waals surface area (Å²) in [7, 11) is 1.61. The van der Waals surface area contributed by atoms with E-state index in [2.05, 4.69) is 6.58 Å². The standard InChI is InChI=1S/C14H17NO3/c1-5-14(3)10(2)18-13(16)15(14)11-6-8-12(17-4)9-7-11/h6-9H,2,5H2,1,3-4H3. The Bertz CT molecular complexity index is 480. The van der Waals surface area contributed by atoms with Crippen molar-refractivity contribution in [1.29, 1.82) is 0 Å². The second-order valence-electron chi connectivity index (χ2n) is 4.45. The molecule has 0 radical (unpaired) electrons. The zero-order valence-corrected chi connectivity index (χ0v) is 10.9. The Hall–Kier alpha value is -1.97. The van der Waals surface area contributed by atoms with Crippen LogP contribution in [0.15, 0.2) is 36.6 Å². The number of hydrogen-bond donors (Lipinski definition) is 0. The van der Waals surface area contributed by atoms with Crippen molar-refractivity contribution >= 4 is 11.8 Å². The summed E-state index contributed by atoms with van der Waals surface area (Å²) < 4.78 is 10.3. The summed E-state index contributed by atoms with van der Waals surface area (Å²) >= 11 is 0. The van der Waals surface area contributed by atoms with E-state index >= 15 is 0 Å². The number of hydrogen-bond acceptors (Lipinski definition) is 3. The van der Waals surface area contributed by atoms with E-state index < -0.39 is 5.54 Å². The van der Waals surface area contributed by atoms with E-state index in [1.807, 2.05) is 38.1 Å². The van der Waals surface area contributed by atoms with Gasteiger partial charge in [0.2, 0.25) is 0 Å². The van der Waals surface area contributed by atoms with Crippen LogP contribution >= 0.6 is 0 Å². The van der Waals surface area contributed by atoms with Crippen LogP contribution in [0.25, 0.3) is 0 Å². The van der Waals surface area contributed by atoms with Crippen molar-refractivity contribution in [3.8, 4) is 5.75 Å². The van der Waals surface area contributed by atoms with Crippen molar-refractivity contribution in [2.24, 2.45) is 0 Å². The van der Waals surface area contributed by atoms with Gasteiger partial charge in [-0.3, -0.25) is 4.90 Å². The normalized spacial score (nSPS) is 23.2. The number of cyclic esters (lactones) is 1. The molecule has 1 aliphatic heterocycles. The average Bonchev–Trinajstić information content (AvgIpc) is 2.61. The molecule has 0 bridgehead atoms. The lowest BCUT2D eigenvalue weighted by Gasteiger charge is -2.31. The van der Waals surface area contributed by atoms with E-state index in [0.717, 1.165) is 17.9 Å². The molecule has 4 heteroatoms. The number of ether oxygens (including phenoxy) is 2. The van der Waals surface area contributed by atoms with Crippen LogP contribution in [0.1, 0.15) is 20.3 Å². The van der Waals surface area contributed by atoms with Crippen LogP contribution in [0.5, 0.6) is 5.75 Å². The van der Waals surface area contributed by atoms with Gasteiger partial charge >= 0.3 is 6.09 Å². The number of methoxy groups -OCH3 is 1. The Morgan fingerprint density at radius 3 is 2.50 bits per heavy atom. The molecule has 1 fully saturated rings. The van der Waals surface area contributed by atoms with Crippen LogP contribution in [0, 0.1) is 0 Å². The number of rotatable bonds is 3. The Kier molecular flexibility index (Phi) is 3.03. The molecule has 0 N–H and O–H groups in total. The van der Waals surface area contributed by atoms with E-state index in [0.29, 0.717) is 5.76 Å². The topological polar surface area (TPSA) is 38.8 Å². The zero-order valence-electron chi connectivity index (χ0n) is 10.9. The molecule has 1 aromatic carbocycles. The molecule has 1 aromatic rings. The van der Waals surface area contributed by atoms with E-state index in [4.69, 9.17) is 9.47 Å². The van der Waals surface area contributed by atoms with Gasteiger partial charge in [0.1, 0.15) is 17.0 Å². The van der Waals surface area contributed by atoms with Gasteiger partial charge in [-0.1, -0.05) is 13.5 Å². The summed E-state index contributed by atoms with van der Waals surface area (Å²) in [4.78, 5) is 13.6. The third-order valence-corrected chi connectivity index (χ3v) is 3.51. The first kappa shape index (κ1) is 12.5. The van der Waals surface area contributed by atoms with Gasteiger partial charge in [-0.2, -0.15) is 0 Å². The average molecular weight is 247 g/mol. The molecule has 0 aliphatic carbocycles. The second-order valence-corrected chi connectivity index (χ2v) is 4.45. The molecule has 1 saturated heterocycles. The van der Waals surface area contributed by atoms with Gasteiger partial charge < -0.3 is 9.47 Å². The minimum atomic E-state index is -0.494. The van der Waals surface area contributed by atoms with Gasteiger partial charge in [0.15, 0.2) is 0 Å². The fraction of sp³-hybridized carbons (Fsp3) is 0.357. The monoisotopic (exact) mass is 247 g/mol. The predicted octanol–water partition coefficient (Wildman–Crippen LogP) is 3.33. The quantitative estimate of drug-likeness (QED) is 0.822. The third-order valence-electron chi connectivity index (χ3n) is 3.51. The molecule has 2 rings (SSSR count). The van der Waals surface area contributed by atoms with Crippen molar-refractivity contribution in [3.63, 3.8) is 0 Å². The summed E-state index contributed by atoms with van der Waals surface area (Å²) in [6.07, 6.45) is 0.360. The van der Waals surface area contributed by atoms with Gasteiger partial charge in [-0.25, -0.2) is 4.79 Å². The molecule has 96 valence electrons. The molecular weight excluding hydrogens is 230 g/mol. The van der Waals surface area contributed by atoms with Crippen molar-refractivity contribution in [1.82, 2.24) is 0 Å². The van der Waals surface area contributed by atoms with Gasteiger partial charge in [0, 0.05) is 5.69 Å². The maximum Gasteiger partial charge on any atom is 0.420 e. The first-order valence-corrected chi connectivity index (χ1v) is 5.88. The van der Waals surface area contributed by atoms with E-state index in [1.54, 1.807) is 12.0 Å².